The van der Waals surface area contributed by atoms with Gasteiger partial charge in [-0.05, 0) is 37.7 Å². The van der Waals surface area contributed by atoms with Crippen LogP contribution in [0.25, 0.3) is 0 Å². The molecule has 2 aliphatic rings. The van der Waals surface area contributed by atoms with E-state index in [-0.39, 0.29) is 30.0 Å². The molecule has 3 atom stereocenters. The first-order chi connectivity index (χ1) is 18.3. The molecule has 0 radical (unpaired) electrons. The molecule has 202 valence electrons. The van der Waals surface area contributed by atoms with Gasteiger partial charge in [0.25, 0.3) is 0 Å². The maximum Gasteiger partial charge on any atom is 0.243 e. The average Bonchev–Trinajstić information content (AvgIpc) is 3.61. The summed E-state index contributed by atoms with van der Waals surface area (Å²) in [6.07, 6.45) is 3.90. The first kappa shape index (κ1) is 27.2. The van der Waals surface area contributed by atoms with Gasteiger partial charge >= 0.3 is 0 Å². The molecule has 38 heavy (non-hydrogen) atoms. The normalized spacial score (nSPS) is 19.5. The van der Waals surface area contributed by atoms with Gasteiger partial charge in [0.05, 0.1) is 6.04 Å². The molecule has 2 saturated heterocycles. The zero-order chi connectivity index (χ0) is 27.1. The SMILES string of the molecule is NC(N)=NCCCC(NC(=O)C1CCC2N(C(=O)CCc3ccccc3)CCC(=O)N12)C(=O)c1nccs1. The first-order valence-electron chi connectivity index (χ1n) is 12.8. The van der Waals surface area contributed by atoms with Crippen molar-refractivity contribution >= 4 is 40.8 Å². The summed E-state index contributed by atoms with van der Waals surface area (Å²) in [6.45, 7) is 0.661. The molecule has 5 N–H and O–H groups in total. The molecule has 3 amide bonds. The summed E-state index contributed by atoms with van der Waals surface area (Å²) < 4.78 is 0. The molecule has 3 heterocycles. The smallest absolute Gasteiger partial charge is 0.243 e. The zero-order valence-corrected chi connectivity index (χ0v) is 21.9. The van der Waals surface area contributed by atoms with Gasteiger partial charge in [0.1, 0.15) is 12.2 Å². The number of ketones is 1. The van der Waals surface area contributed by atoms with E-state index >= 15 is 0 Å². The summed E-state index contributed by atoms with van der Waals surface area (Å²) >= 11 is 1.20. The van der Waals surface area contributed by atoms with Crippen LogP contribution >= 0.6 is 11.3 Å². The maximum absolute atomic E-state index is 13.4. The molecule has 2 aliphatic heterocycles. The van der Waals surface area contributed by atoms with Crippen molar-refractivity contribution in [3.8, 4) is 0 Å². The third-order valence-corrected chi connectivity index (χ3v) is 7.67. The van der Waals surface area contributed by atoms with E-state index in [1.54, 1.807) is 10.3 Å². The van der Waals surface area contributed by atoms with Crippen LogP contribution < -0.4 is 16.8 Å². The number of Topliss-reactive ketones (excluding diaryl/α,β-unsaturated/α-hetero) is 1. The van der Waals surface area contributed by atoms with Gasteiger partial charge in [-0.2, -0.15) is 0 Å². The number of nitrogens with one attached hydrogen (secondary N) is 1. The second-order valence-corrected chi connectivity index (χ2v) is 10.3. The van der Waals surface area contributed by atoms with Crippen LogP contribution in [0.5, 0.6) is 0 Å². The number of aromatic nitrogens is 1. The predicted octanol–water partition coefficient (Wildman–Crippen LogP) is 1.05. The Balaban J connectivity index is 1.41. The fourth-order valence-corrected chi connectivity index (χ4v) is 5.69. The van der Waals surface area contributed by atoms with Crippen LogP contribution in [-0.2, 0) is 20.8 Å². The largest absolute Gasteiger partial charge is 0.370 e. The Hall–Kier alpha value is -3.80. The van der Waals surface area contributed by atoms with E-state index in [9.17, 15) is 19.2 Å². The van der Waals surface area contributed by atoms with Gasteiger partial charge in [-0.15, -0.1) is 11.3 Å². The lowest BCUT2D eigenvalue weighted by Crippen LogP contribution is -2.60. The van der Waals surface area contributed by atoms with Gasteiger partial charge in [0.15, 0.2) is 11.0 Å². The third kappa shape index (κ3) is 6.55. The number of guanidine groups is 1. The van der Waals surface area contributed by atoms with E-state index in [0.29, 0.717) is 56.6 Å². The van der Waals surface area contributed by atoms with Crippen molar-refractivity contribution in [2.75, 3.05) is 13.1 Å². The number of nitrogens with zero attached hydrogens (tertiary/aromatic N) is 4. The van der Waals surface area contributed by atoms with Crippen LogP contribution in [-0.4, -0.2) is 75.6 Å². The Bertz CT molecular complexity index is 1170. The number of nitrogens with two attached hydrogens (primary N) is 2. The number of fused-ring (bicyclic) bond motifs is 1. The Morgan fingerprint density at radius 1 is 1.18 bits per heavy atom. The highest BCUT2D eigenvalue weighted by atomic mass is 32.1. The quantitative estimate of drug-likeness (QED) is 0.166. The van der Waals surface area contributed by atoms with Gasteiger partial charge in [0.2, 0.25) is 23.5 Å². The Kier molecular flexibility index (Phi) is 9.06. The van der Waals surface area contributed by atoms with E-state index in [1.165, 1.54) is 22.4 Å². The van der Waals surface area contributed by atoms with Crippen LogP contribution in [0.3, 0.4) is 0 Å². The minimum Gasteiger partial charge on any atom is -0.370 e. The number of hydrogen-bond acceptors (Lipinski definition) is 7. The Morgan fingerprint density at radius 2 is 1.97 bits per heavy atom. The topological polar surface area (TPSA) is 164 Å². The number of amides is 3. The molecule has 12 heteroatoms. The summed E-state index contributed by atoms with van der Waals surface area (Å²) in [5, 5.41) is 4.84. The summed E-state index contributed by atoms with van der Waals surface area (Å²) in [7, 11) is 0. The van der Waals surface area contributed by atoms with Crippen LogP contribution in [0.2, 0.25) is 0 Å². The number of aliphatic imine (C=N–C) groups is 1. The molecular weight excluding hydrogens is 506 g/mol. The second-order valence-electron chi connectivity index (χ2n) is 9.41. The fraction of sp³-hybridized carbons (Fsp3) is 0.462. The molecule has 1 aromatic carbocycles. The minimum absolute atomic E-state index is 0.0334. The lowest BCUT2D eigenvalue weighted by molar-refractivity contribution is -0.156. The number of hydrogen-bond donors (Lipinski definition) is 3. The lowest BCUT2D eigenvalue weighted by atomic mass is 10.1. The number of thiazole rings is 1. The number of carbonyl (C=O) groups excluding carboxylic acids is 4. The van der Waals surface area contributed by atoms with E-state index in [4.69, 9.17) is 11.5 Å². The molecule has 4 rings (SSSR count). The van der Waals surface area contributed by atoms with Crippen LogP contribution in [0, 0.1) is 0 Å². The predicted molar refractivity (Wildman–Crippen MR) is 143 cm³/mol. The molecule has 0 spiro atoms. The molecule has 0 saturated carbocycles. The van der Waals surface area contributed by atoms with Crippen molar-refractivity contribution in [1.82, 2.24) is 20.1 Å². The lowest BCUT2D eigenvalue weighted by Gasteiger charge is -2.41. The molecule has 0 aliphatic carbocycles. The monoisotopic (exact) mass is 539 g/mol. The van der Waals surface area contributed by atoms with Crippen molar-refractivity contribution in [3.63, 3.8) is 0 Å². The highest BCUT2D eigenvalue weighted by Gasteiger charge is 2.47. The fourth-order valence-electron chi connectivity index (χ4n) is 5.06. The average molecular weight is 540 g/mol. The molecular formula is C26H33N7O4S. The van der Waals surface area contributed by atoms with E-state index in [2.05, 4.69) is 15.3 Å². The van der Waals surface area contributed by atoms with Crippen molar-refractivity contribution in [2.24, 2.45) is 16.5 Å². The van der Waals surface area contributed by atoms with E-state index in [0.717, 1.165) is 5.56 Å². The second kappa shape index (κ2) is 12.6. The van der Waals surface area contributed by atoms with Crippen molar-refractivity contribution < 1.29 is 19.2 Å². The number of benzene rings is 1. The zero-order valence-electron chi connectivity index (χ0n) is 21.1. The molecule has 2 fully saturated rings. The highest BCUT2D eigenvalue weighted by molar-refractivity contribution is 7.11. The van der Waals surface area contributed by atoms with Gasteiger partial charge in [-0.1, -0.05) is 30.3 Å². The standard InChI is InChI=1S/C26H33N7O4S/c27-26(28)30-13-4-7-18(23(36)25-29-14-16-38-25)31-24(37)19-9-10-20-32(15-12-22(35)33(19)20)21(34)11-8-17-5-2-1-3-6-17/h1-3,5-6,14,16,18-20H,4,7-13,15H2,(H,31,37)(H4,27,28,30). The Labute approximate surface area is 225 Å². The molecule has 3 unspecified atom stereocenters. The number of aryl methyl sites for hydroxylation is 1. The summed E-state index contributed by atoms with van der Waals surface area (Å²) in [5.74, 6) is -0.934. The number of rotatable bonds is 11. The summed E-state index contributed by atoms with van der Waals surface area (Å²) in [6, 6.07) is 8.20. The number of carbonyl (C=O) groups is 4. The Morgan fingerprint density at radius 3 is 2.68 bits per heavy atom. The van der Waals surface area contributed by atoms with Crippen LogP contribution in [0.1, 0.15) is 53.9 Å². The van der Waals surface area contributed by atoms with Gasteiger partial charge < -0.3 is 26.6 Å². The van der Waals surface area contributed by atoms with Gasteiger partial charge in [-0.25, -0.2) is 4.98 Å². The van der Waals surface area contributed by atoms with Crippen LogP contribution in [0.15, 0.2) is 46.9 Å². The molecule has 11 nitrogen and oxygen atoms in total. The van der Waals surface area contributed by atoms with Crippen LogP contribution in [0.4, 0.5) is 0 Å². The van der Waals surface area contributed by atoms with Crippen molar-refractivity contribution in [1.29, 1.82) is 0 Å². The van der Waals surface area contributed by atoms with Crippen molar-refractivity contribution in [2.45, 2.75) is 63.2 Å². The minimum atomic E-state index is -0.828. The first-order valence-corrected chi connectivity index (χ1v) is 13.7. The molecule has 0 bridgehead atoms. The molecule has 2 aromatic rings. The summed E-state index contributed by atoms with van der Waals surface area (Å²) in [5.41, 5.74) is 11.8. The highest BCUT2D eigenvalue weighted by Crippen LogP contribution is 2.32. The van der Waals surface area contributed by atoms with E-state index in [1.807, 2.05) is 30.3 Å². The van der Waals surface area contributed by atoms with E-state index < -0.39 is 24.2 Å². The third-order valence-electron chi connectivity index (χ3n) is 6.88. The summed E-state index contributed by atoms with van der Waals surface area (Å²) in [4.78, 5) is 63.8. The molecule has 1 aromatic heterocycles. The maximum atomic E-state index is 13.4. The van der Waals surface area contributed by atoms with Gasteiger partial charge in [-0.3, -0.25) is 24.2 Å². The van der Waals surface area contributed by atoms with Gasteiger partial charge in [0, 0.05) is 37.5 Å². The van der Waals surface area contributed by atoms with Crippen molar-refractivity contribution in [3.05, 3.63) is 52.5 Å².